The van der Waals surface area contributed by atoms with E-state index in [-0.39, 0.29) is 11.9 Å². The van der Waals surface area contributed by atoms with Crippen molar-refractivity contribution in [1.82, 2.24) is 10.2 Å². The second-order valence-electron chi connectivity index (χ2n) is 4.89. The van der Waals surface area contributed by atoms with Gasteiger partial charge in [0, 0.05) is 6.61 Å². The van der Waals surface area contributed by atoms with Crippen LogP contribution in [-0.2, 0) is 14.3 Å². The maximum Gasteiger partial charge on any atom is 0.331 e. The molecule has 1 atom stereocenters. The highest BCUT2D eigenvalue weighted by Crippen LogP contribution is 2.45. The van der Waals surface area contributed by atoms with Crippen LogP contribution in [0, 0.1) is 5.41 Å². The van der Waals surface area contributed by atoms with Crippen molar-refractivity contribution < 1.29 is 19.1 Å². The predicted octanol–water partition coefficient (Wildman–Crippen LogP) is 0.0240. The molecule has 0 bridgehead atoms. The summed E-state index contributed by atoms with van der Waals surface area (Å²) in [6.45, 7) is 0.937. The Morgan fingerprint density at radius 2 is 2.06 bits per heavy atom. The molecule has 17 heavy (non-hydrogen) atoms. The number of nitrogens with zero attached hydrogens (tertiary/aromatic N) is 1. The van der Waals surface area contributed by atoms with Crippen LogP contribution in [0.2, 0.25) is 0 Å². The predicted molar refractivity (Wildman–Crippen MR) is 55.9 cm³/mol. The number of nitrogens with one attached hydrogen (secondary N) is 1. The van der Waals surface area contributed by atoms with Crippen molar-refractivity contribution in [3.63, 3.8) is 0 Å². The Kier molecular flexibility index (Phi) is 2.22. The summed E-state index contributed by atoms with van der Waals surface area (Å²) in [6.07, 6.45) is 2.62. The molecule has 0 radical (unpaired) electrons. The molecule has 1 N–H and O–H groups in total. The highest BCUT2D eigenvalue weighted by molar-refractivity contribution is 6.19. The zero-order valence-electron chi connectivity index (χ0n) is 9.40. The maximum atomic E-state index is 12.3. The van der Waals surface area contributed by atoms with Gasteiger partial charge in [-0.05, 0) is 19.3 Å². The van der Waals surface area contributed by atoms with Gasteiger partial charge in [-0.25, -0.2) is 4.79 Å². The molecule has 1 unspecified atom stereocenters. The summed E-state index contributed by atoms with van der Waals surface area (Å²) in [6, 6.07) is -0.805. The SMILES string of the molecule is O=C1NC(=O)C2(CCC2)C(=O)N1C1CCOC1. The summed E-state index contributed by atoms with van der Waals surface area (Å²) in [5.41, 5.74) is -0.962. The van der Waals surface area contributed by atoms with E-state index < -0.39 is 17.4 Å². The van der Waals surface area contributed by atoms with Crippen LogP contribution in [0.15, 0.2) is 0 Å². The van der Waals surface area contributed by atoms with Crippen LogP contribution in [-0.4, -0.2) is 42.0 Å². The van der Waals surface area contributed by atoms with Crippen molar-refractivity contribution in [1.29, 1.82) is 0 Å². The summed E-state index contributed by atoms with van der Waals surface area (Å²) in [5, 5.41) is 2.30. The Labute approximate surface area is 98.3 Å². The van der Waals surface area contributed by atoms with Gasteiger partial charge >= 0.3 is 6.03 Å². The number of hydrogen-bond acceptors (Lipinski definition) is 4. The van der Waals surface area contributed by atoms with E-state index in [1.165, 1.54) is 4.90 Å². The first-order valence-electron chi connectivity index (χ1n) is 5.92. The quantitative estimate of drug-likeness (QED) is 0.654. The molecule has 2 saturated heterocycles. The standard InChI is InChI=1S/C11H14N2O4/c14-8-11(3-1-4-11)9(15)13(10(16)12-8)7-2-5-17-6-7/h7H,1-6H2,(H,12,14,16). The molecule has 2 heterocycles. The van der Waals surface area contributed by atoms with E-state index in [2.05, 4.69) is 5.32 Å². The van der Waals surface area contributed by atoms with Gasteiger partial charge in [-0.1, -0.05) is 6.42 Å². The number of ether oxygens (including phenoxy) is 1. The number of amides is 4. The van der Waals surface area contributed by atoms with Crippen LogP contribution in [0.5, 0.6) is 0 Å². The third-order valence-electron chi connectivity index (χ3n) is 3.98. The van der Waals surface area contributed by atoms with Crippen molar-refractivity contribution >= 4 is 17.8 Å². The van der Waals surface area contributed by atoms with Crippen LogP contribution in [0.25, 0.3) is 0 Å². The number of rotatable bonds is 1. The van der Waals surface area contributed by atoms with Gasteiger partial charge in [0.05, 0.1) is 12.6 Å². The van der Waals surface area contributed by atoms with Gasteiger partial charge in [0.1, 0.15) is 5.41 Å². The van der Waals surface area contributed by atoms with E-state index in [0.717, 1.165) is 6.42 Å². The Morgan fingerprint density at radius 3 is 2.59 bits per heavy atom. The van der Waals surface area contributed by atoms with Crippen LogP contribution >= 0.6 is 0 Å². The number of carbonyl (C=O) groups excluding carboxylic acids is 3. The number of hydrogen-bond donors (Lipinski definition) is 1. The van der Waals surface area contributed by atoms with Gasteiger partial charge < -0.3 is 4.74 Å². The van der Waals surface area contributed by atoms with Crippen molar-refractivity contribution in [3.05, 3.63) is 0 Å². The second-order valence-corrected chi connectivity index (χ2v) is 4.89. The van der Waals surface area contributed by atoms with Crippen molar-refractivity contribution in [2.75, 3.05) is 13.2 Å². The minimum atomic E-state index is -0.962. The Morgan fingerprint density at radius 1 is 1.29 bits per heavy atom. The zero-order chi connectivity index (χ0) is 12.0. The fourth-order valence-corrected chi connectivity index (χ4v) is 2.73. The Balaban J connectivity index is 1.90. The van der Waals surface area contributed by atoms with E-state index in [0.29, 0.717) is 32.5 Å². The van der Waals surface area contributed by atoms with Gasteiger partial charge in [-0.2, -0.15) is 0 Å². The van der Waals surface area contributed by atoms with Crippen molar-refractivity contribution in [2.24, 2.45) is 5.41 Å². The fourth-order valence-electron chi connectivity index (χ4n) is 2.73. The molecule has 92 valence electrons. The Hall–Kier alpha value is -1.43. The molecule has 0 aromatic carbocycles. The van der Waals surface area contributed by atoms with Gasteiger partial charge in [-0.15, -0.1) is 0 Å². The lowest BCUT2D eigenvalue weighted by atomic mass is 9.66. The van der Waals surface area contributed by atoms with E-state index >= 15 is 0 Å². The minimum Gasteiger partial charge on any atom is -0.379 e. The van der Waals surface area contributed by atoms with Gasteiger partial charge in [-0.3, -0.25) is 19.8 Å². The highest BCUT2D eigenvalue weighted by atomic mass is 16.5. The lowest BCUT2D eigenvalue weighted by molar-refractivity contribution is -0.159. The average molecular weight is 238 g/mol. The average Bonchev–Trinajstić information content (AvgIpc) is 2.67. The molecule has 0 aromatic rings. The summed E-state index contributed by atoms with van der Waals surface area (Å²) >= 11 is 0. The summed E-state index contributed by atoms with van der Waals surface area (Å²) in [5.74, 6) is -0.748. The molecule has 1 aliphatic carbocycles. The van der Waals surface area contributed by atoms with Crippen molar-refractivity contribution in [3.8, 4) is 0 Å². The summed E-state index contributed by atoms with van der Waals surface area (Å²) < 4.78 is 5.19. The first kappa shape index (κ1) is 10.7. The molecule has 3 rings (SSSR count). The van der Waals surface area contributed by atoms with Crippen molar-refractivity contribution in [2.45, 2.75) is 31.7 Å². The Bertz CT molecular complexity index is 396. The van der Waals surface area contributed by atoms with E-state index in [4.69, 9.17) is 4.74 Å². The summed E-state index contributed by atoms with van der Waals surface area (Å²) in [4.78, 5) is 37.0. The molecule has 1 saturated carbocycles. The fraction of sp³-hybridized carbons (Fsp3) is 0.727. The number of carbonyl (C=O) groups is 3. The third-order valence-corrected chi connectivity index (χ3v) is 3.98. The van der Waals surface area contributed by atoms with Gasteiger partial charge in [0.2, 0.25) is 11.8 Å². The molecule has 1 spiro atoms. The topological polar surface area (TPSA) is 75.7 Å². The molecular formula is C11H14N2O4. The minimum absolute atomic E-state index is 0.215. The zero-order valence-corrected chi connectivity index (χ0v) is 9.40. The van der Waals surface area contributed by atoms with Crippen LogP contribution in [0.3, 0.4) is 0 Å². The van der Waals surface area contributed by atoms with E-state index in [1.54, 1.807) is 0 Å². The number of imide groups is 2. The normalized spacial score (nSPS) is 31.6. The molecule has 3 aliphatic rings. The second kappa shape index (κ2) is 3.53. The molecular weight excluding hydrogens is 224 g/mol. The third kappa shape index (κ3) is 1.33. The first-order valence-corrected chi connectivity index (χ1v) is 5.92. The molecule has 6 heteroatoms. The smallest absolute Gasteiger partial charge is 0.331 e. The first-order chi connectivity index (χ1) is 8.15. The molecule has 0 aromatic heterocycles. The highest BCUT2D eigenvalue weighted by Gasteiger charge is 2.58. The molecule has 3 fully saturated rings. The van der Waals surface area contributed by atoms with Crippen LogP contribution < -0.4 is 5.32 Å². The van der Waals surface area contributed by atoms with Gasteiger partial charge in [0.15, 0.2) is 0 Å². The van der Waals surface area contributed by atoms with Gasteiger partial charge in [0.25, 0.3) is 0 Å². The molecule has 6 nitrogen and oxygen atoms in total. The van der Waals surface area contributed by atoms with E-state index in [1.807, 2.05) is 0 Å². The van der Waals surface area contributed by atoms with E-state index in [9.17, 15) is 14.4 Å². The van der Waals surface area contributed by atoms with Crippen LogP contribution in [0.4, 0.5) is 4.79 Å². The molecule has 2 aliphatic heterocycles. The lowest BCUT2D eigenvalue weighted by Crippen LogP contribution is -2.68. The largest absolute Gasteiger partial charge is 0.379 e. The molecule has 4 amide bonds. The number of urea groups is 1. The monoisotopic (exact) mass is 238 g/mol. The lowest BCUT2D eigenvalue weighted by Gasteiger charge is -2.45. The van der Waals surface area contributed by atoms with Crippen LogP contribution in [0.1, 0.15) is 25.7 Å². The number of barbiturate groups is 1. The summed E-state index contributed by atoms with van der Waals surface area (Å²) in [7, 11) is 0. The maximum absolute atomic E-state index is 12.3.